The SMILES string of the molecule is C1=NCc2ccc(Nc3ccnc(-c4cccc(OCC5CCCNC5)c4)n3)cc21. The first kappa shape index (κ1) is 18.8. The fourth-order valence-electron chi connectivity index (χ4n) is 3.90. The topological polar surface area (TPSA) is 71.4 Å². The summed E-state index contributed by atoms with van der Waals surface area (Å²) in [6.45, 7) is 3.65. The van der Waals surface area contributed by atoms with E-state index in [4.69, 9.17) is 9.72 Å². The number of benzene rings is 2. The van der Waals surface area contributed by atoms with E-state index in [9.17, 15) is 0 Å². The van der Waals surface area contributed by atoms with Crippen molar-refractivity contribution in [3.05, 3.63) is 65.9 Å². The summed E-state index contributed by atoms with van der Waals surface area (Å²) in [6, 6.07) is 16.2. The standard InChI is InChI=1S/C24H25N5O/c1-4-18(12-22(5-1)30-16-17-3-2-9-25-13-17)24-27-10-8-23(29-24)28-21-7-6-19-14-26-15-20(19)11-21/h1,4-8,10-12,15,17,25H,2-3,9,13-14,16H2,(H,27,28,29). The quantitative estimate of drug-likeness (QED) is 0.650. The Bertz CT molecular complexity index is 1060. The molecule has 0 radical (unpaired) electrons. The van der Waals surface area contributed by atoms with Crippen LogP contribution < -0.4 is 15.4 Å². The summed E-state index contributed by atoms with van der Waals surface area (Å²) in [5.74, 6) is 2.86. The monoisotopic (exact) mass is 399 g/mol. The molecule has 5 rings (SSSR count). The molecule has 2 aromatic carbocycles. The Morgan fingerprint density at radius 2 is 2.13 bits per heavy atom. The zero-order chi connectivity index (χ0) is 20.2. The van der Waals surface area contributed by atoms with Crippen LogP contribution in [0, 0.1) is 5.92 Å². The van der Waals surface area contributed by atoms with Crippen LogP contribution in [0.15, 0.2) is 59.7 Å². The fraction of sp³-hybridized carbons (Fsp3) is 0.292. The number of hydrogen-bond acceptors (Lipinski definition) is 6. The van der Waals surface area contributed by atoms with Gasteiger partial charge in [-0.15, -0.1) is 0 Å². The number of piperidine rings is 1. The third-order valence-electron chi connectivity index (χ3n) is 5.54. The number of hydrogen-bond donors (Lipinski definition) is 2. The Hall–Kier alpha value is -3.25. The largest absolute Gasteiger partial charge is 0.493 e. The van der Waals surface area contributed by atoms with Crippen LogP contribution in [-0.2, 0) is 6.54 Å². The van der Waals surface area contributed by atoms with Crippen molar-refractivity contribution in [2.24, 2.45) is 10.9 Å². The molecule has 30 heavy (non-hydrogen) atoms. The van der Waals surface area contributed by atoms with E-state index in [-0.39, 0.29) is 0 Å². The molecule has 3 heterocycles. The van der Waals surface area contributed by atoms with E-state index in [1.807, 2.05) is 36.5 Å². The average Bonchev–Trinajstić information content (AvgIpc) is 3.27. The molecular formula is C24H25N5O. The van der Waals surface area contributed by atoms with Gasteiger partial charge in [0.1, 0.15) is 11.6 Å². The van der Waals surface area contributed by atoms with E-state index in [0.29, 0.717) is 11.7 Å². The number of aromatic nitrogens is 2. The van der Waals surface area contributed by atoms with E-state index in [1.165, 1.54) is 18.4 Å². The maximum Gasteiger partial charge on any atom is 0.161 e. The molecule has 1 atom stereocenters. The van der Waals surface area contributed by atoms with E-state index in [0.717, 1.165) is 54.6 Å². The minimum atomic E-state index is 0.573. The predicted octanol–water partition coefficient (Wildman–Crippen LogP) is 4.20. The van der Waals surface area contributed by atoms with E-state index >= 15 is 0 Å². The van der Waals surface area contributed by atoms with Crippen LogP contribution in [0.1, 0.15) is 24.0 Å². The maximum absolute atomic E-state index is 6.05. The summed E-state index contributed by atoms with van der Waals surface area (Å²) in [4.78, 5) is 13.5. The lowest BCUT2D eigenvalue weighted by Crippen LogP contribution is -2.33. The molecule has 1 saturated heterocycles. The zero-order valence-electron chi connectivity index (χ0n) is 16.8. The molecule has 0 aliphatic carbocycles. The van der Waals surface area contributed by atoms with Crippen molar-refractivity contribution in [3.63, 3.8) is 0 Å². The molecule has 1 unspecified atom stereocenters. The molecule has 152 valence electrons. The van der Waals surface area contributed by atoms with Gasteiger partial charge in [-0.1, -0.05) is 18.2 Å². The van der Waals surface area contributed by atoms with Crippen molar-refractivity contribution < 1.29 is 4.74 Å². The first-order valence-corrected chi connectivity index (χ1v) is 10.5. The summed E-state index contributed by atoms with van der Waals surface area (Å²) in [5, 5.41) is 6.81. The molecule has 0 spiro atoms. The predicted molar refractivity (Wildman–Crippen MR) is 120 cm³/mol. The molecule has 1 fully saturated rings. The number of fused-ring (bicyclic) bond motifs is 1. The number of anilines is 2. The lowest BCUT2D eigenvalue weighted by Gasteiger charge is -2.22. The fourth-order valence-corrected chi connectivity index (χ4v) is 3.90. The van der Waals surface area contributed by atoms with Gasteiger partial charge in [0.2, 0.25) is 0 Å². The highest BCUT2D eigenvalue weighted by Gasteiger charge is 2.14. The van der Waals surface area contributed by atoms with E-state index in [2.05, 4.69) is 38.8 Å². The van der Waals surface area contributed by atoms with Gasteiger partial charge < -0.3 is 15.4 Å². The van der Waals surface area contributed by atoms with Crippen LogP contribution in [0.3, 0.4) is 0 Å². The average molecular weight is 399 g/mol. The molecule has 0 bridgehead atoms. The Balaban J connectivity index is 1.29. The van der Waals surface area contributed by atoms with Gasteiger partial charge in [-0.25, -0.2) is 9.97 Å². The third kappa shape index (κ3) is 4.33. The van der Waals surface area contributed by atoms with Crippen LogP contribution in [0.4, 0.5) is 11.5 Å². The molecule has 0 saturated carbocycles. The first-order valence-electron chi connectivity index (χ1n) is 10.5. The molecule has 2 aliphatic heterocycles. The number of rotatable bonds is 6. The van der Waals surface area contributed by atoms with Gasteiger partial charge >= 0.3 is 0 Å². The summed E-state index contributed by atoms with van der Waals surface area (Å²) >= 11 is 0. The Kier molecular flexibility index (Phi) is 5.40. The zero-order valence-corrected chi connectivity index (χ0v) is 16.8. The normalized spacial score (nSPS) is 17.5. The highest BCUT2D eigenvalue weighted by molar-refractivity contribution is 5.86. The van der Waals surface area contributed by atoms with Crippen molar-refractivity contribution >= 4 is 17.7 Å². The van der Waals surface area contributed by atoms with Gasteiger partial charge in [0.15, 0.2) is 5.82 Å². The van der Waals surface area contributed by atoms with Crippen LogP contribution >= 0.6 is 0 Å². The Morgan fingerprint density at radius 1 is 1.13 bits per heavy atom. The number of nitrogens with zero attached hydrogens (tertiary/aromatic N) is 3. The lowest BCUT2D eigenvalue weighted by molar-refractivity contribution is 0.218. The van der Waals surface area contributed by atoms with Gasteiger partial charge in [0.05, 0.1) is 13.2 Å². The molecular weight excluding hydrogens is 374 g/mol. The number of aliphatic imine (C=N–C) groups is 1. The number of ether oxygens (including phenoxy) is 1. The molecule has 2 N–H and O–H groups in total. The van der Waals surface area contributed by atoms with Crippen molar-refractivity contribution in [1.82, 2.24) is 15.3 Å². The second-order valence-corrected chi connectivity index (χ2v) is 7.83. The van der Waals surface area contributed by atoms with Gasteiger partial charge in [0.25, 0.3) is 0 Å². The van der Waals surface area contributed by atoms with Crippen LogP contribution in [0.25, 0.3) is 11.4 Å². The maximum atomic E-state index is 6.05. The van der Waals surface area contributed by atoms with Crippen molar-refractivity contribution in [3.8, 4) is 17.1 Å². The summed E-state index contributed by atoms with van der Waals surface area (Å²) < 4.78 is 6.05. The van der Waals surface area contributed by atoms with Crippen molar-refractivity contribution in [2.45, 2.75) is 19.4 Å². The number of nitrogens with one attached hydrogen (secondary N) is 2. The smallest absolute Gasteiger partial charge is 0.161 e. The highest BCUT2D eigenvalue weighted by Crippen LogP contribution is 2.25. The Morgan fingerprint density at radius 3 is 3.07 bits per heavy atom. The Labute approximate surface area is 176 Å². The van der Waals surface area contributed by atoms with Crippen LogP contribution in [0.2, 0.25) is 0 Å². The third-order valence-corrected chi connectivity index (χ3v) is 5.54. The summed E-state index contributed by atoms with van der Waals surface area (Å²) in [5.41, 5.74) is 4.35. The van der Waals surface area contributed by atoms with Crippen molar-refractivity contribution in [1.29, 1.82) is 0 Å². The minimum absolute atomic E-state index is 0.573. The summed E-state index contributed by atoms with van der Waals surface area (Å²) in [6.07, 6.45) is 6.14. The lowest BCUT2D eigenvalue weighted by atomic mass is 10.0. The van der Waals surface area contributed by atoms with Crippen molar-refractivity contribution in [2.75, 3.05) is 25.0 Å². The molecule has 6 nitrogen and oxygen atoms in total. The molecule has 1 aromatic heterocycles. The minimum Gasteiger partial charge on any atom is -0.493 e. The molecule has 2 aliphatic rings. The molecule has 6 heteroatoms. The highest BCUT2D eigenvalue weighted by atomic mass is 16.5. The first-order chi connectivity index (χ1) is 14.8. The second-order valence-electron chi connectivity index (χ2n) is 7.83. The summed E-state index contributed by atoms with van der Waals surface area (Å²) in [7, 11) is 0. The van der Waals surface area contributed by atoms with E-state index in [1.54, 1.807) is 6.20 Å². The van der Waals surface area contributed by atoms with Crippen LogP contribution in [-0.4, -0.2) is 35.9 Å². The van der Waals surface area contributed by atoms with Gasteiger partial charge in [-0.05, 0) is 60.8 Å². The second kappa shape index (κ2) is 8.63. The van der Waals surface area contributed by atoms with Gasteiger partial charge in [0, 0.05) is 36.1 Å². The molecule has 3 aromatic rings. The van der Waals surface area contributed by atoms with Gasteiger partial charge in [-0.2, -0.15) is 0 Å². The molecule has 0 amide bonds. The van der Waals surface area contributed by atoms with Crippen LogP contribution in [0.5, 0.6) is 5.75 Å². The van der Waals surface area contributed by atoms with Gasteiger partial charge in [-0.3, -0.25) is 4.99 Å². The van der Waals surface area contributed by atoms with E-state index < -0.39 is 0 Å².